The van der Waals surface area contributed by atoms with E-state index >= 15 is 0 Å². The highest BCUT2D eigenvalue weighted by atomic mass is 16.5. The van der Waals surface area contributed by atoms with Gasteiger partial charge in [-0.3, -0.25) is 9.69 Å². The maximum absolute atomic E-state index is 12.5. The standard InChI is InChI=1S/C13H21NO2/c1-3-13(2,14-8-4-5-9-14)12(15)11-7-6-10-16-11/h7H,3-6,8-10H2,1-2H3. The molecule has 0 radical (unpaired) electrons. The van der Waals surface area contributed by atoms with Gasteiger partial charge in [-0.25, -0.2) is 0 Å². The maximum Gasteiger partial charge on any atom is 0.216 e. The molecule has 2 heterocycles. The van der Waals surface area contributed by atoms with E-state index in [0.29, 0.717) is 12.4 Å². The van der Waals surface area contributed by atoms with E-state index in [4.69, 9.17) is 4.74 Å². The van der Waals surface area contributed by atoms with Crippen LogP contribution in [0.15, 0.2) is 11.8 Å². The van der Waals surface area contributed by atoms with Gasteiger partial charge in [0.15, 0.2) is 5.76 Å². The fourth-order valence-corrected chi connectivity index (χ4v) is 2.58. The summed E-state index contributed by atoms with van der Waals surface area (Å²) in [6, 6.07) is 0. The van der Waals surface area contributed by atoms with Crippen LogP contribution in [0.1, 0.15) is 39.5 Å². The van der Waals surface area contributed by atoms with Crippen LogP contribution in [0.25, 0.3) is 0 Å². The van der Waals surface area contributed by atoms with Gasteiger partial charge in [0, 0.05) is 6.42 Å². The number of carbonyl (C=O) groups is 1. The zero-order valence-corrected chi connectivity index (χ0v) is 10.3. The Kier molecular flexibility index (Phi) is 3.33. The predicted octanol–water partition coefficient (Wildman–Crippen LogP) is 2.12. The third-order valence-corrected chi connectivity index (χ3v) is 3.91. The highest BCUT2D eigenvalue weighted by Gasteiger charge is 2.41. The summed E-state index contributed by atoms with van der Waals surface area (Å²) in [4.78, 5) is 14.8. The molecule has 2 aliphatic rings. The molecule has 1 fully saturated rings. The number of nitrogens with zero attached hydrogens (tertiary/aromatic N) is 1. The largest absolute Gasteiger partial charge is 0.490 e. The lowest BCUT2D eigenvalue weighted by molar-refractivity contribution is -0.129. The minimum Gasteiger partial charge on any atom is -0.490 e. The lowest BCUT2D eigenvalue weighted by atomic mass is 9.90. The Hall–Kier alpha value is -0.830. The van der Waals surface area contributed by atoms with Gasteiger partial charge in [-0.05, 0) is 45.4 Å². The smallest absolute Gasteiger partial charge is 0.216 e. The van der Waals surface area contributed by atoms with Gasteiger partial charge in [-0.1, -0.05) is 6.92 Å². The van der Waals surface area contributed by atoms with Crippen LogP contribution in [0.3, 0.4) is 0 Å². The second-order valence-corrected chi connectivity index (χ2v) is 4.86. The number of hydrogen-bond acceptors (Lipinski definition) is 3. The fourth-order valence-electron chi connectivity index (χ4n) is 2.58. The Morgan fingerprint density at radius 2 is 2.19 bits per heavy atom. The molecule has 0 N–H and O–H groups in total. The highest BCUT2D eigenvalue weighted by Crippen LogP contribution is 2.29. The molecule has 2 aliphatic heterocycles. The molecule has 0 bridgehead atoms. The number of likely N-dealkylation sites (tertiary alicyclic amines) is 1. The van der Waals surface area contributed by atoms with E-state index < -0.39 is 0 Å². The maximum atomic E-state index is 12.5. The van der Waals surface area contributed by atoms with E-state index in [1.54, 1.807) is 0 Å². The third-order valence-electron chi connectivity index (χ3n) is 3.91. The van der Waals surface area contributed by atoms with E-state index in [1.165, 1.54) is 12.8 Å². The van der Waals surface area contributed by atoms with E-state index in [9.17, 15) is 4.79 Å². The molecule has 0 amide bonds. The van der Waals surface area contributed by atoms with E-state index in [2.05, 4.69) is 18.7 Å². The first-order valence-electron chi connectivity index (χ1n) is 6.31. The number of rotatable bonds is 4. The second kappa shape index (κ2) is 4.58. The van der Waals surface area contributed by atoms with Crippen molar-refractivity contribution in [3.05, 3.63) is 11.8 Å². The van der Waals surface area contributed by atoms with Gasteiger partial charge in [0.2, 0.25) is 5.78 Å². The summed E-state index contributed by atoms with van der Waals surface area (Å²) in [6.45, 7) is 6.91. The van der Waals surface area contributed by atoms with Crippen molar-refractivity contribution in [1.29, 1.82) is 0 Å². The monoisotopic (exact) mass is 223 g/mol. The molecule has 0 saturated carbocycles. The molecule has 0 spiro atoms. The molecule has 0 aliphatic carbocycles. The summed E-state index contributed by atoms with van der Waals surface area (Å²) in [5.74, 6) is 0.769. The van der Waals surface area contributed by atoms with E-state index in [0.717, 1.165) is 25.9 Å². The molecule has 0 aromatic heterocycles. The SMILES string of the molecule is CCC(C)(C(=O)C1=CCCO1)N1CCCC1. The molecule has 3 heteroatoms. The molecule has 1 atom stereocenters. The Bertz CT molecular complexity index is 305. The Morgan fingerprint density at radius 1 is 1.50 bits per heavy atom. The predicted molar refractivity (Wildman–Crippen MR) is 63.2 cm³/mol. The van der Waals surface area contributed by atoms with Crippen LogP contribution in [0.5, 0.6) is 0 Å². The van der Waals surface area contributed by atoms with Crippen molar-refractivity contribution in [2.24, 2.45) is 0 Å². The number of Topliss-reactive ketones (excluding diaryl/α,β-unsaturated/α-hetero) is 1. The van der Waals surface area contributed by atoms with Gasteiger partial charge in [0.05, 0.1) is 12.1 Å². The Balaban J connectivity index is 2.15. The number of ketones is 1. The minimum absolute atomic E-state index is 0.175. The van der Waals surface area contributed by atoms with Crippen LogP contribution < -0.4 is 0 Å². The molecule has 1 saturated heterocycles. The number of ether oxygens (including phenoxy) is 1. The van der Waals surface area contributed by atoms with Gasteiger partial charge in [0.1, 0.15) is 0 Å². The van der Waals surface area contributed by atoms with Crippen molar-refractivity contribution in [2.75, 3.05) is 19.7 Å². The van der Waals surface area contributed by atoms with Crippen molar-refractivity contribution in [1.82, 2.24) is 4.90 Å². The minimum atomic E-state index is -0.354. The Labute approximate surface area is 97.5 Å². The van der Waals surface area contributed by atoms with Crippen LogP contribution in [-0.4, -0.2) is 35.9 Å². The van der Waals surface area contributed by atoms with Crippen molar-refractivity contribution < 1.29 is 9.53 Å². The zero-order valence-electron chi connectivity index (χ0n) is 10.3. The Morgan fingerprint density at radius 3 is 2.69 bits per heavy atom. The van der Waals surface area contributed by atoms with Crippen molar-refractivity contribution in [2.45, 2.75) is 45.1 Å². The third kappa shape index (κ3) is 1.88. The van der Waals surface area contributed by atoms with E-state index in [1.807, 2.05) is 6.08 Å². The van der Waals surface area contributed by atoms with Crippen LogP contribution in [0.2, 0.25) is 0 Å². The molecule has 2 rings (SSSR count). The molecule has 0 aromatic rings. The summed E-state index contributed by atoms with van der Waals surface area (Å²) in [6.07, 6.45) is 6.09. The van der Waals surface area contributed by atoms with Crippen molar-refractivity contribution in [3.8, 4) is 0 Å². The van der Waals surface area contributed by atoms with Gasteiger partial charge >= 0.3 is 0 Å². The van der Waals surface area contributed by atoms with Crippen LogP contribution in [-0.2, 0) is 9.53 Å². The topological polar surface area (TPSA) is 29.5 Å². The van der Waals surface area contributed by atoms with Gasteiger partial charge in [-0.2, -0.15) is 0 Å². The molecular formula is C13H21NO2. The van der Waals surface area contributed by atoms with Crippen LogP contribution in [0, 0.1) is 0 Å². The number of hydrogen-bond donors (Lipinski definition) is 0. The summed E-state index contributed by atoms with van der Waals surface area (Å²) in [5.41, 5.74) is -0.354. The highest BCUT2D eigenvalue weighted by molar-refractivity contribution is 6.01. The van der Waals surface area contributed by atoms with Crippen molar-refractivity contribution >= 4 is 5.78 Å². The fraction of sp³-hybridized carbons (Fsp3) is 0.769. The molecule has 90 valence electrons. The first-order valence-corrected chi connectivity index (χ1v) is 6.31. The van der Waals surface area contributed by atoms with Crippen LogP contribution in [0.4, 0.5) is 0 Å². The quantitative estimate of drug-likeness (QED) is 0.731. The summed E-state index contributed by atoms with van der Waals surface area (Å²) < 4.78 is 5.41. The van der Waals surface area contributed by atoms with Crippen molar-refractivity contribution in [3.63, 3.8) is 0 Å². The van der Waals surface area contributed by atoms with Gasteiger partial charge in [-0.15, -0.1) is 0 Å². The van der Waals surface area contributed by atoms with Crippen LogP contribution >= 0.6 is 0 Å². The average Bonchev–Trinajstić information content (AvgIpc) is 2.98. The first kappa shape index (κ1) is 11.6. The lowest BCUT2D eigenvalue weighted by Gasteiger charge is -2.36. The molecule has 1 unspecified atom stereocenters. The molecule has 3 nitrogen and oxygen atoms in total. The lowest BCUT2D eigenvalue weighted by Crippen LogP contribution is -2.51. The molecular weight excluding hydrogens is 202 g/mol. The summed E-state index contributed by atoms with van der Waals surface area (Å²) in [7, 11) is 0. The van der Waals surface area contributed by atoms with E-state index in [-0.39, 0.29) is 11.3 Å². The normalized spacial score (nSPS) is 25.0. The average molecular weight is 223 g/mol. The second-order valence-electron chi connectivity index (χ2n) is 4.86. The molecule has 16 heavy (non-hydrogen) atoms. The first-order chi connectivity index (χ1) is 7.68. The van der Waals surface area contributed by atoms with Gasteiger partial charge < -0.3 is 4.74 Å². The number of carbonyl (C=O) groups excluding carboxylic acids is 1. The summed E-state index contributed by atoms with van der Waals surface area (Å²) in [5, 5.41) is 0. The molecule has 0 aromatic carbocycles. The summed E-state index contributed by atoms with van der Waals surface area (Å²) >= 11 is 0. The van der Waals surface area contributed by atoms with Gasteiger partial charge in [0.25, 0.3) is 0 Å². The zero-order chi connectivity index (χ0) is 11.6.